The quantitative estimate of drug-likeness (QED) is 0.202. The maximum atomic E-state index is 13.8. The number of methoxy groups -OCH3 is 2. The number of ether oxygens (including phenoxy) is 3. The summed E-state index contributed by atoms with van der Waals surface area (Å²) in [4.78, 5) is 35.8. The minimum atomic E-state index is -0.981. The Bertz CT molecular complexity index is 1710. The van der Waals surface area contributed by atoms with Gasteiger partial charge < -0.3 is 19.2 Å². The Morgan fingerprint density at radius 3 is 2.32 bits per heavy atom. The Kier molecular flexibility index (Phi) is 7.35. The van der Waals surface area contributed by atoms with Crippen molar-refractivity contribution in [3.05, 3.63) is 125 Å². The highest BCUT2D eigenvalue weighted by Crippen LogP contribution is 2.41. The highest BCUT2D eigenvalue weighted by atomic mass is 16.5. The van der Waals surface area contributed by atoms with Gasteiger partial charge in [-0.3, -0.25) is 9.59 Å². The van der Waals surface area contributed by atoms with Gasteiger partial charge in [-0.2, -0.15) is 0 Å². The van der Waals surface area contributed by atoms with Crippen LogP contribution in [0.3, 0.4) is 0 Å². The Morgan fingerprint density at radius 1 is 0.854 bits per heavy atom. The number of hydrogen-bond donors (Lipinski definition) is 1. The molecular weight excluding hydrogens is 516 g/mol. The maximum Gasteiger partial charge on any atom is 0.179 e. The van der Waals surface area contributed by atoms with Crippen molar-refractivity contribution >= 4 is 22.6 Å². The molecule has 7 heteroatoms. The molecule has 41 heavy (non-hydrogen) atoms. The normalized spacial score (nSPS) is 15.2. The van der Waals surface area contributed by atoms with Gasteiger partial charge in [0.25, 0.3) is 0 Å². The second kappa shape index (κ2) is 11.4. The lowest BCUT2D eigenvalue weighted by Crippen LogP contribution is -2.13. The van der Waals surface area contributed by atoms with Gasteiger partial charge in [0.15, 0.2) is 11.6 Å². The highest BCUT2D eigenvalue weighted by molar-refractivity contribution is 6.30. The number of benzene rings is 4. The van der Waals surface area contributed by atoms with E-state index >= 15 is 0 Å². The topological polar surface area (TPSA) is 90.5 Å². The minimum absolute atomic E-state index is 0.0717. The average molecular weight is 547 g/mol. The molecule has 0 saturated carbocycles. The summed E-state index contributed by atoms with van der Waals surface area (Å²) in [5.74, 6) is 0.292. The number of carbonyl (C=O) groups is 2. The molecule has 0 bridgehead atoms. The molecule has 0 saturated heterocycles. The van der Waals surface area contributed by atoms with E-state index in [1.165, 1.54) is 0 Å². The number of nitrogens with one attached hydrogen (secondary N) is 1. The van der Waals surface area contributed by atoms with E-state index in [9.17, 15) is 9.59 Å². The van der Waals surface area contributed by atoms with E-state index in [4.69, 9.17) is 19.2 Å². The molecule has 7 nitrogen and oxygen atoms in total. The summed E-state index contributed by atoms with van der Waals surface area (Å²) in [6.45, 7) is 0.914. The molecule has 4 aromatic carbocycles. The van der Waals surface area contributed by atoms with Crippen molar-refractivity contribution in [1.82, 2.24) is 9.97 Å². The van der Waals surface area contributed by atoms with Crippen molar-refractivity contribution in [2.45, 2.75) is 24.9 Å². The number of hydrogen-bond acceptors (Lipinski definition) is 6. The van der Waals surface area contributed by atoms with Crippen LogP contribution in [-0.2, 0) is 11.3 Å². The van der Waals surface area contributed by atoms with Gasteiger partial charge >= 0.3 is 0 Å². The van der Waals surface area contributed by atoms with Crippen LogP contribution in [-0.4, -0.2) is 42.4 Å². The molecule has 1 heterocycles. The van der Waals surface area contributed by atoms with Crippen molar-refractivity contribution in [3.8, 4) is 11.5 Å². The van der Waals surface area contributed by atoms with Crippen molar-refractivity contribution in [2.75, 3.05) is 20.8 Å². The van der Waals surface area contributed by atoms with Gasteiger partial charge in [0, 0.05) is 30.8 Å². The summed E-state index contributed by atoms with van der Waals surface area (Å²) in [5.41, 5.74) is 4.67. The molecule has 206 valence electrons. The third-order valence-electron chi connectivity index (χ3n) is 7.63. The van der Waals surface area contributed by atoms with Crippen LogP contribution >= 0.6 is 0 Å². The van der Waals surface area contributed by atoms with Crippen LogP contribution < -0.4 is 9.47 Å². The summed E-state index contributed by atoms with van der Waals surface area (Å²) in [5, 5.41) is 0. The van der Waals surface area contributed by atoms with Crippen LogP contribution in [0.1, 0.15) is 61.5 Å². The number of ketones is 2. The van der Waals surface area contributed by atoms with Crippen LogP contribution in [0, 0.1) is 0 Å². The third kappa shape index (κ3) is 5.00. The average Bonchev–Trinajstić information content (AvgIpc) is 3.56. The van der Waals surface area contributed by atoms with E-state index in [-0.39, 0.29) is 17.5 Å². The molecule has 1 aromatic heterocycles. The molecule has 1 aliphatic rings. The number of aromatic nitrogens is 2. The second-order valence-electron chi connectivity index (χ2n) is 10.1. The molecule has 0 radical (unpaired) electrons. The van der Waals surface area contributed by atoms with Gasteiger partial charge in [0.2, 0.25) is 0 Å². The van der Waals surface area contributed by atoms with Gasteiger partial charge in [-0.15, -0.1) is 0 Å². The molecule has 1 aliphatic carbocycles. The zero-order valence-electron chi connectivity index (χ0n) is 22.9. The molecule has 0 fully saturated rings. The lowest BCUT2D eigenvalue weighted by atomic mass is 9.93. The summed E-state index contributed by atoms with van der Waals surface area (Å²) in [6.07, 6.45) is 0.705. The van der Waals surface area contributed by atoms with Crippen molar-refractivity contribution in [3.63, 3.8) is 0 Å². The lowest BCUT2D eigenvalue weighted by Gasteiger charge is -2.14. The van der Waals surface area contributed by atoms with Crippen LogP contribution in [0.25, 0.3) is 11.0 Å². The summed E-state index contributed by atoms with van der Waals surface area (Å²) < 4.78 is 17.0. The van der Waals surface area contributed by atoms with E-state index in [0.29, 0.717) is 58.9 Å². The maximum absolute atomic E-state index is 13.8. The predicted molar refractivity (Wildman–Crippen MR) is 156 cm³/mol. The molecule has 2 unspecified atom stereocenters. The number of carbonyl (C=O) groups excluding carboxylic acids is 2. The monoisotopic (exact) mass is 546 g/mol. The SMILES string of the molecule is COCCC(c1ccccc1)c1nc2c(OC)ccc(C3C(=O)c4ccc(OCc5ccccc5)cc4C3=O)c2[nH]1. The fraction of sp³-hybridized carbons (Fsp3) is 0.206. The largest absolute Gasteiger partial charge is 0.494 e. The van der Waals surface area contributed by atoms with Crippen LogP contribution in [0.2, 0.25) is 0 Å². The number of fused-ring (bicyclic) bond motifs is 2. The number of rotatable bonds is 10. The number of nitrogens with zero attached hydrogens (tertiary/aromatic N) is 1. The third-order valence-corrected chi connectivity index (χ3v) is 7.63. The zero-order valence-corrected chi connectivity index (χ0v) is 22.9. The first-order valence-electron chi connectivity index (χ1n) is 13.6. The fourth-order valence-corrected chi connectivity index (χ4v) is 5.54. The van der Waals surface area contributed by atoms with Crippen LogP contribution in [0.15, 0.2) is 91.0 Å². The van der Waals surface area contributed by atoms with E-state index < -0.39 is 5.92 Å². The standard InChI is InChI=1S/C34H30N2O5/c1-39-18-17-24(22-11-7-4-8-12-22)34-35-30-26(15-16-28(40-2)31(30)36-34)29-32(37)25-14-13-23(19-27(25)33(29)38)41-20-21-9-5-3-6-10-21/h3-16,19,24,29H,17-18,20H2,1-2H3,(H,35,36). The Labute approximate surface area is 238 Å². The predicted octanol–water partition coefficient (Wildman–Crippen LogP) is 6.48. The molecular formula is C34H30N2O5. The fourth-order valence-electron chi connectivity index (χ4n) is 5.54. The van der Waals surface area contributed by atoms with E-state index in [0.717, 1.165) is 17.0 Å². The molecule has 6 rings (SSSR count). The number of H-pyrrole nitrogens is 1. The molecule has 2 atom stereocenters. The van der Waals surface area contributed by atoms with Gasteiger partial charge in [0.1, 0.15) is 35.4 Å². The first kappa shape index (κ1) is 26.5. The van der Waals surface area contributed by atoms with Crippen molar-refractivity contribution in [2.24, 2.45) is 0 Å². The number of imidazole rings is 1. The van der Waals surface area contributed by atoms with E-state index in [1.807, 2.05) is 48.5 Å². The van der Waals surface area contributed by atoms with Gasteiger partial charge in [-0.05, 0) is 47.4 Å². The van der Waals surface area contributed by atoms with Gasteiger partial charge in [0.05, 0.1) is 12.6 Å². The molecule has 1 N–H and O–H groups in total. The summed E-state index contributed by atoms with van der Waals surface area (Å²) >= 11 is 0. The molecule has 0 aliphatic heterocycles. The minimum Gasteiger partial charge on any atom is -0.494 e. The number of Topliss-reactive ketones (excluding diaryl/α,β-unsaturated/α-hetero) is 2. The Hall–Kier alpha value is -4.75. The van der Waals surface area contributed by atoms with E-state index in [1.54, 1.807) is 44.6 Å². The molecule has 0 spiro atoms. The first-order chi connectivity index (χ1) is 20.1. The molecule has 5 aromatic rings. The highest BCUT2D eigenvalue weighted by Gasteiger charge is 2.41. The summed E-state index contributed by atoms with van der Waals surface area (Å²) in [6, 6.07) is 28.5. The first-order valence-corrected chi connectivity index (χ1v) is 13.6. The Morgan fingerprint density at radius 2 is 1.59 bits per heavy atom. The van der Waals surface area contributed by atoms with Crippen LogP contribution in [0.5, 0.6) is 11.5 Å². The van der Waals surface area contributed by atoms with E-state index in [2.05, 4.69) is 17.1 Å². The van der Waals surface area contributed by atoms with Gasteiger partial charge in [-0.1, -0.05) is 66.7 Å². The molecule has 0 amide bonds. The van der Waals surface area contributed by atoms with Crippen molar-refractivity contribution < 1.29 is 23.8 Å². The summed E-state index contributed by atoms with van der Waals surface area (Å²) in [7, 11) is 3.26. The Balaban J connectivity index is 1.37. The number of aromatic amines is 1. The smallest absolute Gasteiger partial charge is 0.179 e. The van der Waals surface area contributed by atoms with Gasteiger partial charge in [-0.25, -0.2) is 4.98 Å². The second-order valence-corrected chi connectivity index (χ2v) is 10.1. The van der Waals surface area contributed by atoms with Crippen molar-refractivity contribution in [1.29, 1.82) is 0 Å². The zero-order chi connectivity index (χ0) is 28.3. The van der Waals surface area contributed by atoms with Crippen LogP contribution in [0.4, 0.5) is 0 Å². The lowest BCUT2D eigenvalue weighted by molar-refractivity contribution is 0.0890.